The number of hydrogen-bond acceptors (Lipinski definition) is 4. The van der Waals surface area contributed by atoms with E-state index >= 15 is 0 Å². The van der Waals surface area contributed by atoms with Crippen LogP contribution in [0.25, 0.3) is 0 Å². The summed E-state index contributed by atoms with van der Waals surface area (Å²) >= 11 is 0. The van der Waals surface area contributed by atoms with Gasteiger partial charge in [-0.3, -0.25) is 9.59 Å². The molecule has 0 bridgehead atoms. The molecule has 6 nitrogen and oxygen atoms in total. The van der Waals surface area contributed by atoms with Gasteiger partial charge in [-0.1, -0.05) is 68.6 Å². The summed E-state index contributed by atoms with van der Waals surface area (Å²) < 4.78 is 4.98. The van der Waals surface area contributed by atoms with E-state index in [-0.39, 0.29) is 24.3 Å². The first-order valence-corrected chi connectivity index (χ1v) is 10.1. The lowest BCUT2D eigenvalue weighted by Gasteiger charge is -2.27. The summed E-state index contributed by atoms with van der Waals surface area (Å²) in [5, 5.41) is 6.49. The van der Waals surface area contributed by atoms with Gasteiger partial charge in [-0.15, -0.1) is 0 Å². The van der Waals surface area contributed by atoms with Crippen molar-refractivity contribution in [3.8, 4) is 0 Å². The molecule has 1 aromatic carbocycles. The number of aromatic nitrogens is 1. The molecule has 1 atom stereocenters. The number of anilines is 1. The predicted octanol–water partition coefficient (Wildman–Crippen LogP) is 4.52. The average molecular weight is 386 g/mol. The number of hydrogen-bond donors (Lipinski definition) is 1. The van der Waals surface area contributed by atoms with Crippen LogP contribution in [-0.4, -0.2) is 35.0 Å². The lowest BCUT2D eigenvalue weighted by molar-refractivity contribution is -0.136. The fourth-order valence-electron chi connectivity index (χ4n) is 3.24. The maximum atomic E-state index is 13.2. The van der Waals surface area contributed by atoms with E-state index in [1.54, 1.807) is 17.9 Å². The second-order valence-electron chi connectivity index (χ2n) is 7.06. The van der Waals surface area contributed by atoms with Crippen molar-refractivity contribution in [2.24, 2.45) is 0 Å². The summed E-state index contributed by atoms with van der Waals surface area (Å²) in [6.45, 7) is 6.51. The Morgan fingerprint density at radius 1 is 1.14 bits per heavy atom. The normalized spacial score (nSPS) is 11.8. The van der Waals surface area contributed by atoms with Crippen molar-refractivity contribution in [1.29, 1.82) is 0 Å². The Balaban J connectivity index is 2.07. The van der Waals surface area contributed by atoms with Gasteiger partial charge < -0.3 is 14.7 Å². The summed E-state index contributed by atoms with van der Waals surface area (Å²) in [7, 11) is 0. The maximum Gasteiger partial charge on any atom is 0.245 e. The van der Waals surface area contributed by atoms with Crippen LogP contribution in [0.5, 0.6) is 0 Å². The molecule has 0 aliphatic carbocycles. The SMILES string of the molecule is CCCCCCN(CC(=O)Nc1cc(C)on1)C(=O)[C@@H](CC)c1ccccc1. The number of benzene rings is 1. The van der Waals surface area contributed by atoms with Crippen molar-refractivity contribution in [2.45, 2.75) is 58.8 Å². The van der Waals surface area contributed by atoms with Crippen LogP contribution in [0.3, 0.4) is 0 Å². The zero-order valence-corrected chi connectivity index (χ0v) is 17.1. The Morgan fingerprint density at radius 2 is 1.89 bits per heavy atom. The van der Waals surface area contributed by atoms with Crippen molar-refractivity contribution >= 4 is 17.6 Å². The van der Waals surface area contributed by atoms with E-state index < -0.39 is 0 Å². The largest absolute Gasteiger partial charge is 0.360 e. The number of carbonyl (C=O) groups is 2. The van der Waals surface area contributed by atoms with Gasteiger partial charge in [0.25, 0.3) is 0 Å². The highest BCUT2D eigenvalue weighted by Crippen LogP contribution is 2.22. The molecule has 1 N–H and O–H groups in total. The second kappa shape index (κ2) is 11.3. The van der Waals surface area contributed by atoms with E-state index in [1.165, 1.54) is 0 Å². The van der Waals surface area contributed by atoms with E-state index in [2.05, 4.69) is 17.4 Å². The van der Waals surface area contributed by atoms with Gasteiger partial charge in [0.1, 0.15) is 5.76 Å². The molecule has 0 aliphatic rings. The molecule has 0 fully saturated rings. The molecule has 6 heteroatoms. The highest BCUT2D eigenvalue weighted by Gasteiger charge is 2.26. The van der Waals surface area contributed by atoms with Crippen LogP contribution >= 0.6 is 0 Å². The third kappa shape index (κ3) is 6.51. The van der Waals surface area contributed by atoms with Gasteiger partial charge in [-0.05, 0) is 25.3 Å². The van der Waals surface area contributed by atoms with Crippen LogP contribution in [0.15, 0.2) is 40.9 Å². The van der Waals surface area contributed by atoms with E-state index in [0.29, 0.717) is 24.5 Å². The van der Waals surface area contributed by atoms with Crippen molar-refractivity contribution in [3.05, 3.63) is 47.7 Å². The minimum absolute atomic E-state index is 0.00307. The molecule has 0 saturated carbocycles. The number of nitrogens with one attached hydrogen (secondary N) is 1. The molecule has 1 aromatic heterocycles. The number of aryl methyl sites for hydroxylation is 1. The van der Waals surface area contributed by atoms with Gasteiger partial charge >= 0.3 is 0 Å². The molecule has 152 valence electrons. The van der Waals surface area contributed by atoms with Crippen LogP contribution in [0.1, 0.15) is 63.2 Å². The molecule has 2 rings (SSSR count). The smallest absolute Gasteiger partial charge is 0.245 e. The van der Waals surface area contributed by atoms with Gasteiger partial charge in [0, 0.05) is 12.6 Å². The Morgan fingerprint density at radius 3 is 2.50 bits per heavy atom. The van der Waals surface area contributed by atoms with Crippen molar-refractivity contribution in [2.75, 3.05) is 18.4 Å². The minimum atomic E-state index is -0.264. The van der Waals surface area contributed by atoms with Crippen LogP contribution in [0.2, 0.25) is 0 Å². The first kappa shape index (κ1) is 21.7. The molecule has 0 aliphatic heterocycles. The highest BCUT2D eigenvalue weighted by atomic mass is 16.5. The van der Waals surface area contributed by atoms with Crippen LogP contribution in [0, 0.1) is 6.92 Å². The summed E-state index contributed by atoms with van der Waals surface area (Å²) in [5.74, 6) is 0.486. The quantitative estimate of drug-likeness (QED) is 0.577. The Kier molecular flexibility index (Phi) is 8.72. The molecule has 0 radical (unpaired) electrons. The Labute approximate surface area is 167 Å². The second-order valence-corrected chi connectivity index (χ2v) is 7.06. The van der Waals surface area contributed by atoms with Crippen molar-refractivity contribution < 1.29 is 14.1 Å². The van der Waals surface area contributed by atoms with E-state index in [9.17, 15) is 9.59 Å². The van der Waals surface area contributed by atoms with E-state index in [1.807, 2.05) is 37.3 Å². The first-order chi connectivity index (χ1) is 13.5. The van der Waals surface area contributed by atoms with E-state index in [0.717, 1.165) is 31.2 Å². The fraction of sp³-hybridized carbons (Fsp3) is 0.500. The third-order valence-corrected chi connectivity index (χ3v) is 4.73. The van der Waals surface area contributed by atoms with Gasteiger partial charge in [-0.25, -0.2) is 0 Å². The van der Waals surface area contributed by atoms with Crippen LogP contribution < -0.4 is 5.32 Å². The Hall–Kier alpha value is -2.63. The van der Waals surface area contributed by atoms with Crippen molar-refractivity contribution in [1.82, 2.24) is 10.1 Å². The molecule has 1 heterocycles. The number of carbonyl (C=O) groups excluding carboxylic acids is 2. The van der Waals surface area contributed by atoms with Crippen LogP contribution in [-0.2, 0) is 9.59 Å². The first-order valence-electron chi connectivity index (χ1n) is 10.1. The summed E-state index contributed by atoms with van der Waals surface area (Å²) in [5.41, 5.74) is 0.987. The van der Waals surface area contributed by atoms with E-state index in [4.69, 9.17) is 4.52 Å². The van der Waals surface area contributed by atoms with Gasteiger partial charge in [0.2, 0.25) is 11.8 Å². The molecule has 2 aromatic rings. The molecule has 28 heavy (non-hydrogen) atoms. The standard InChI is InChI=1S/C22H31N3O3/c1-4-6-7-11-14-25(16-21(26)23-20-15-17(3)28-24-20)22(27)19(5-2)18-12-9-8-10-13-18/h8-10,12-13,15,19H,4-7,11,14,16H2,1-3H3,(H,23,24,26)/t19-/m0/s1. The number of nitrogens with zero attached hydrogens (tertiary/aromatic N) is 2. The fourth-order valence-corrected chi connectivity index (χ4v) is 3.24. The van der Waals surface area contributed by atoms with Gasteiger partial charge in [-0.2, -0.15) is 0 Å². The molecule has 0 unspecified atom stereocenters. The third-order valence-electron chi connectivity index (χ3n) is 4.73. The predicted molar refractivity (Wildman–Crippen MR) is 110 cm³/mol. The Bertz CT molecular complexity index is 742. The van der Waals surface area contributed by atoms with Crippen molar-refractivity contribution in [3.63, 3.8) is 0 Å². The summed E-state index contributed by atoms with van der Waals surface area (Å²) in [6.07, 6.45) is 4.88. The van der Waals surface area contributed by atoms with Gasteiger partial charge in [0.15, 0.2) is 5.82 Å². The molecule has 2 amide bonds. The number of unbranched alkanes of at least 4 members (excludes halogenated alkanes) is 3. The monoisotopic (exact) mass is 385 g/mol. The molecule has 0 spiro atoms. The minimum Gasteiger partial charge on any atom is -0.360 e. The number of amides is 2. The van der Waals surface area contributed by atoms with Gasteiger partial charge in [0.05, 0.1) is 12.5 Å². The lowest BCUT2D eigenvalue weighted by atomic mass is 9.95. The average Bonchev–Trinajstić information content (AvgIpc) is 3.10. The summed E-state index contributed by atoms with van der Waals surface area (Å²) in [6, 6.07) is 11.4. The topological polar surface area (TPSA) is 75.4 Å². The zero-order valence-electron chi connectivity index (χ0n) is 17.1. The lowest BCUT2D eigenvalue weighted by Crippen LogP contribution is -2.41. The molecule has 0 saturated heterocycles. The number of rotatable bonds is 11. The maximum absolute atomic E-state index is 13.2. The summed E-state index contributed by atoms with van der Waals surface area (Å²) in [4.78, 5) is 27.4. The molecular formula is C22H31N3O3. The van der Waals surface area contributed by atoms with Crippen LogP contribution in [0.4, 0.5) is 5.82 Å². The molecular weight excluding hydrogens is 354 g/mol. The zero-order chi connectivity index (χ0) is 20.4. The highest BCUT2D eigenvalue weighted by molar-refractivity contribution is 5.95.